The summed E-state index contributed by atoms with van der Waals surface area (Å²) < 4.78 is 14.3. The summed E-state index contributed by atoms with van der Waals surface area (Å²) in [6.45, 7) is 3.26. The molecule has 0 aliphatic heterocycles. The monoisotopic (exact) mass is 356 g/mol. The van der Waals surface area contributed by atoms with E-state index in [1.165, 1.54) is 11.6 Å². The van der Waals surface area contributed by atoms with Crippen molar-refractivity contribution in [1.29, 1.82) is 0 Å². The number of likely N-dealkylation sites (N-methyl/N-ethyl adjacent to an activating group) is 1. The van der Waals surface area contributed by atoms with Gasteiger partial charge in [0.15, 0.2) is 0 Å². The molecule has 0 saturated carbocycles. The van der Waals surface area contributed by atoms with Gasteiger partial charge in [0, 0.05) is 19.1 Å². The first kappa shape index (κ1) is 15.6. The van der Waals surface area contributed by atoms with Crippen molar-refractivity contribution in [2.24, 2.45) is 5.73 Å². The van der Waals surface area contributed by atoms with Crippen LogP contribution in [0, 0.1) is 12.7 Å². The van der Waals surface area contributed by atoms with E-state index in [1.807, 2.05) is 20.0 Å². The molecule has 108 valence electrons. The number of aryl methyl sites for hydroxylation is 1. The van der Waals surface area contributed by atoms with Crippen LogP contribution in [0.3, 0.4) is 0 Å². The highest BCUT2D eigenvalue weighted by atomic mass is 79.9. The van der Waals surface area contributed by atoms with Gasteiger partial charge in [-0.25, -0.2) is 4.39 Å². The van der Waals surface area contributed by atoms with Gasteiger partial charge in [-0.15, -0.1) is 11.3 Å². The Morgan fingerprint density at radius 2 is 2.15 bits per heavy atom. The summed E-state index contributed by atoms with van der Waals surface area (Å²) in [4.78, 5) is 2.20. The molecule has 2 aromatic rings. The number of halogens is 2. The van der Waals surface area contributed by atoms with Gasteiger partial charge in [0.05, 0.1) is 3.79 Å². The zero-order valence-electron chi connectivity index (χ0n) is 11.6. The van der Waals surface area contributed by atoms with Crippen LogP contribution in [0.25, 0.3) is 0 Å². The summed E-state index contributed by atoms with van der Waals surface area (Å²) in [5.41, 5.74) is 9.21. The first-order valence-electron chi connectivity index (χ1n) is 6.40. The first-order chi connectivity index (χ1) is 9.51. The van der Waals surface area contributed by atoms with E-state index in [1.54, 1.807) is 17.4 Å². The van der Waals surface area contributed by atoms with Crippen LogP contribution in [0.4, 0.5) is 4.39 Å². The molecule has 2 rings (SSSR count). The van der Waals surface area contributed by atoms with Crippen molar-refractivity contribution < 1.29 is 4.39 Å². The Kier molecular flexibility index (Phi) is 5.32. The predicted molar refractivity (Wildman–Crippen MR) is 86.4 cm³/mol. The van der Waals surface area contributed by atoms with E-state index < -0.39 is 0 Å². The minimum absolute atomic E-state index is 0.0919. The fourth-order valence-corrected chi connectivity index (χ4v) is 3.58. The molecule has 1 unspecified atom stereocenters. The molecular weight excluding hydrogens is 339 g/mol. The van der Waals surface area contributed by atoms with Crippen molar-refractivity contribution in [3.8, 4) is 0 Å². The molecule has 2 nitrogen and oxygen atoms in total. The van der Waals surface area contributed by atoms with Crippen LogP contribution in [-0.2, 0) is 6.54 Å². The number of nitrogens with zero attached hydrogens (tertiary/aromatic N) is 1. The van der Waals surface area contributed by atoms with Gasteiger partial charge in [-0.3, -0.25) is 4.90 Å². The molecule has 0 fully saturated rings. The third-order valence-electron chi connectivity index (χ3n) is 3.40. The fraction of sp³-hybridized carbons (Fsp3) is 0.333. The number of hydrogen-bond acceptors (Lipinski definition) is 3. The maximum atomic E-state index is 13.2. The molecule has 2 N–H and O–H groups in total. The summed E-state index contributed by atoms with van der Waals surface area (Å²) in [6.07, 6.45) is 0. The summed E-state index contributed by atoms with van der Waals surface area (Å²) in [6, 6.07) is 7.11. The van der Waals surface area contributed by atoms with Crippen LogP contribution in [-0.4, -0.2) is 18.5 Å². The normalized spacial score (nSPS) is 12.9. The van der Waals surface area contributed by atoms with Crippen molar-refractivity contribution in [2.75, 3.05) is 13.6 Å². The van der Waals surface area contributed by atoms with E-state index in [0.29, 0.717) is 6.54 Å². The highest BCUT2D eigenvalue weighted by molar-refractivity contribution is 9.11. The van der Waals surface area contributed by atoms with Gasteiger partial charge in [0.1, 0.15) is 5.82 Å². The Balaban J connectivity index is 2.18. The highest BCUT2D eigenvalue weighted by Crippen LogP contribution is 2.26. The second-order valence-electron chi connectivity index (χ2n) is 4.93. The van der Waals surface area contributed by atoms with E-state index >= 15 is 0 Å². The molecule has 0 aliphatic carbocycles. The SMILES string of the molecule is Cc1cc(F)ccc1C(CN)N(C)Cc1csc(Br)c1. The van der Waals surface area contributed by atoms with Crippen molar-refractivity contribution in [1.82, 2.24) is 4.90 Å². The average Bonchev–Trinajstić information content (AvgIpc) is 2.78. The van der Waals surface area contributed by atoms with Crippen molar-refractivity contribution in [3.05, 3.63) is 55.9 Å². The van der Waals surface area contributed by atoms with Gasteiger partial charge in [0.2, 0.25) is 0 Å². The smallest absolute Gasteiger partial charge is 0.123 e. The third-order valence-corrected chi connectivity index (χ3v) is 4.95. The molecule has 0 bridgehead atoms. The molecule has 0 radical (unpaired) electrons. The molecule has 1 atom stereocenters. The second-order valence-corrected chi connectivity index (χ2v) is 7.22. The topological polar surface area (TPSA) is 29.3 Å². The predicted octanol–water partition coefficient (Wildman–Crippen LogP) is 4.09. The van der Waals surface area contributed by atoms with E-state index in [9.17, 15) is 4.39 Å². The van der Waals surface area contributed by atoms with Gasteiger partial charge in [-0.2, -0.15) is 0 Å². The number of nitrogens with two attached hydrogens (primary N) is 1. The fourth-order valence-electron chi connectivity index (χ4n) is 2.38. The summed E-state index contributed by atoms with van der Waals surface area (Å²) in [7, 11) is 2.05. The molecule has 0 spiro atoms. The maximum absolute atomic E-state index is 13.2. The van der Waals surface area contributed by atoms with Crippen molar-refractivity contribution in [2.45, 2.75) is 19.5 Å². The Bertz CT molecular complexity index is 585. The Labute approximate surface area is 131 Å². The number of hydrogen-bond donors (Lipinski definition) is 1. The number of benzene rings is 1. The quantitative estimate of drug-likeness (QED) is 0.873. The molecule has 1 aromatic carbocycles. The van der Waals surface area contributed by atoms with Gasteiger partial charge in [-0.05, 0) is 70.2 Å². The van der Waals surface area contributed by atoms with E-state index in [0.717, 1.165) is 21.5 Å². The van der Waals surface area contributed by atoms with E-state index in [2.05, 4.69) is 32.3 Å². The molecule has 20 heavy (non-hydrogen) atoms. The van der Waals surface area contributed by atoms with E-state index in [-0.39, 0.29) is 11.9 Å². The zero-order valence-corrected chi connectivity index (χ0v) is 14.0. The molecule has 0 saturated heterocycles. The number of thiophene rings is 1. The lowest BCUT2D eigenvalue weighted by Crippen LogP contribution is -2.30. The molecular formula is C15H18BrFN2S. The minimum Gasteiger partial charge on any atom is -0.329 e. The third kappa shape index (κ3) is 3.67. The average molecular weight is 357 g/mol. The molecule has 1 heterocycles. The Morgan fingerprint density at radius 1 is 1.40 bits per heavy atom. The maximum Gasteiger partial charge on any atom is 0.123 e. The summed E-state index contributed by atoms with van der Waals surface area (Å²) in [5, 5.41) is 2.13. The molecule has 1 aromatic heterocycles. The Morgan fingerprint density at radius 3 is 2.70 bits per heavy atom. The second kappa shape index (κ2) is 6.80. The van der Waals surface area contributed by atoms with Gasteiger partial charge >= 0.3 is 0 Å². The summed E-state index contributed by atoms with van der Waals surface area (Å²) >= 11 is 5.15. The van der Waals surface area contributed by atoms with E-state index in [4.69, 9.17) is 5.73 Å². The lowest BCUT2D eigenvalue weighted by molar-refractivity contribution is 0.241. The molecule has 5 heteroatoms. The lowest BCUT2D eigenvalue weighted by atomic mass is 10.00. The summed E-state index contributed by atoms with van der Waals surface area (Å²) in [5.74, 6) is -0.202. The van der Waals surface area contributed by atoms with Crippen LogP contribution in [0.15, 0.2) is 33.4 Å². The molecule has 0 amide bonds. The van der Waals surface area contributed by atoms with Gasteiger partial charge < -0.3 is 5.73 Å². The standard InChI is InChI=1S/C15H18BrFN2S/c1-10-5-12(17)3-4-13(10)14(7-18)19(2)8-11-6-15(16)20-9-11/h3-6,9,14H,7-8,18H2,1-2H3. The minimum atomic E-state index is -0.202. The van der Waals surface area contributed by atoms with Crippen LogP contribution in [0.1, 0.15) is 22.7 Å². The first-order valence-corrected chi connectivity index (χ1v) is 8.07. The van der Waals surface area contributed by atoms with Crippen molar-refractivity contribution >= 4 is 27.3 Å². The zero-order chi connectivity index (χ0) is 14.7. The number of rotatable bonds is 5. The van der Waals surface area contributed by atoms with Gasteiger partial charge in [0.25, 0.3) is 0 Å². The van der Waals surface area contributed by atoms with Crippen molar-refractivity contribution in [3.63, 3.8) is 0 Å². The largest absolute Gasteiger partial charge is 0.329 e. The molecule has 0 aliphatic rings. The van der Waals surface area contributed by atoms with Crippen LogP contribution < -0.4 is 5.73 Å². The van der Waals surface area contributed by atoms with Crippen LogP contribution in [0.5, 0.6) is 0 Å². The Hall–Kier alpha value is -0.750. The van der Waals surface area contributed by atoms with Crippen LogP contribution >= 0.6 is 27.3 Å². The highest BCUT2D eigenvalue weighted by Gasteiger charge is 2.18. The van der Waals surface area contributed by atoms with Gasteiger partial charge in [-0.1, -0.05) is 6.07 Å². The van der Waals surface area contributed by atoms with Crippen LogP contribution in [0.2, 0.25) is 0 Å². The lowest BCUT2D eigenvalue weighted by Gasteiger charge is -2.28.